The predicted octanol–water partition coefficient (Wildman–Crippen LogP) is 5.64. The van der Waals surface area contributed by atoms with Gasteiger partial charge in [-0.2, -0.15) is 0 Å². The molecule has 0 aliphatic heterocycles. The number of carbonyl (C=O) groups is 1. The summed E-state index contributed by atoms with van der Waals surface area (Å²) < 4.78 is 5.86. The van der Waals surface area contributed by atoms with Crippen LogP contribution in [-0.4, -0.2) is 12.5 Å². The van der Waals surface area contributed by atoms with Crippen LogP contribution in [0.3, 0.4) is 0 Å². The molecule has 0 atom stereocenters. The zero-order valence-corrected chi connectivity index (χ0v) is 16.3. The molecule has 3 aromatic carbocycles. The summed E-state index contributed by atoms with van der Waals surface area (Å²) in [4.78, 5) is 14.4. The molecule has 0 unspecified atom stereocenters. The lowest BCUT2D eigenvalue weighted by atomic mass is 10.2. The summed E-state index contributed by atoms with van der Waals surface area (Å²) in [5.74, 6) is 0.744. The Kier molecular flexibility index (Phi) is 6.64. The van der Waals surface area contributed by atoms with Gasteiger partial charge in [0.1, 0.15) is 12.4 Å². The summed E-state index contributed by atoms with van der Waals surface area (Å²) in [6.07, 6.45) is 3.44. The van der Waals surface area contributed by atoms with Crippen LogP contribution in [0.25, 0.3) is 6.08 Å². The standard InChI is InChI=1S/C25H25NO2/c1-3-26(23-13-7-9-20(2)17-23)25(27)16-15-21-12-8-14-24(18-21)28-19-22-10-5-4-6-11-22/h4-18H,3,19H2,1-2H3/b16-15+. The van der Waals surface area contributed by atoms with E-state index in [2.05, 4.69) is 0 Å². The van der Waals surface area contributed by atoms with E-state index >= 15 is 0 Å². The third-order valence-corrected chi connectivity index (χ3v) is 4.42. The number of anilines is 1. The molecule has 0 saturated heterocycles. The molecule has 0 fully saturated rings. The van der Waals surface area contributed by atoms with E-state index in [0.717, 1.165) is 28.1 Å². The van der Waals surface area contributed by atoms with Crippen LogP contribution in [0.15, 0.2) is 84.9 Å². The van der Waals surface area contributed by atoms with Crippen molar-refractivity contribution < 1.29 is 9.53 Å². The number of likely N-dealkylation sites (N-methyl/N-ethyl adjacent to an activating group) is 1. The van der Waals surface area contributed by atoms with Crippen molar-refractivity contribution in [3.8, 4) is 5.75 Å². The molecular weight excluding hydrogens is 346 g/mol. The molecule has 3 heteroatoms. The first-order valence-electron chi connectivity index (χ1n) is 9.49. The maximum absolute atomic E-state index is 12.7. The quantitative estimate of drug-likeness (QED) is 0.503. The summed E-state index contributed by atoms with van der Waals surface area (Å²) in [5.41, 5.74) is 4.10. The Hall–Kier alpha value is -3.33. The van der Waals surface area contributed by atoms with Crippen LogP contribution in [0, 0.1) is 6.92 Å². The normalized spacial score (nSPS) is 10.8. The topological polar surface area (TPSA) is 29.5 Å². The fourth-order valence-electron chi connectivity index (χ4n) is 2.97. The van der Waals surface area contributed by atoms with Gasteiger partial charge in [-0.1, -0.05) is 54.6 Å². The van der Waals surface area contributed by atoms with E-state index in [-0.39, 0.29) is 5.91 Å². The van der Waals surface area contributed by atoms with Crippen LogP contribution in [-0.2, 0) is 11.4 Å². The van der Waals surface area contributed by atoms with Crippen molar-refractivity contribution in [1.82, 2.24) is 0 Å². The molecule has 3 nitrogen and oxygen atoms in total. The van der Waals surface area contributed by atoms with Crippen LogP contribution in [0.2, 0.25) is 0 Å². The molecule has 0 radical (unpaired) electrons. The molecule has 0 aliphatic rings. The SMILES string of the molecule is CCN(C(=O)/C=C/c1cccc(OCc2ccccc2)c1)c1cccc(C)c1. The highest BCUT2D eigenvalue weighted by Gasteiger charge is 2.10. The maximum atomic E-state index is 12.7. The Balaban J connectivity index is 1.66. The van der Waals surface area contributed by atoms with E-state index < -0.39 is 0 Å². The number of hydrogen-bond acceptors (Lipinski definition) is 2. The molecule has 0 saturated carbocycles. The molecule has 0 N–H and O–H groups in total. The Labute approximate surface area is 166 Å². The minimum absolute atomic E-state index is 0.0382. The lowest BCUT2D eigenvalue weighted by molar-refractivity contribution is -0.114. The Morgan fingerprint density at radius 2 is 1.75 bits per heavy atom. The summed E-state index contributed by atoms with van der Waals surface area (Å²) >= 11 is 0. The van der Waals surface area contributed by atoms with Crippen molar-refractivity contribution in [3.05, 3.63) is 102 Å². The monoisotopic (exact) mass is 371 g/mol. The average Bonchev–Trinajstić information content (AvgIpc) is 2.72. The molecule has 0 heterocycles. The Morgan fingerprint density at radius 1 is 0.964 bits per heavy atom. The second-order valence-electron chi connectivity index (χ2n) is 6.60. The van der Waals surface area contributed by atoms with Crippen LogP contribution in [0.5, 0.6) is 5.75 Å². The predicted molar refractivity (Wildman–Crippen MR) is 115 cm³/mol. The van der Waals surface area contributed by atoms with Crippen LogP contribution in [0.1, 0.15) is 23.6 Å². The first-order valence-corrected chi connectivity index (χ1v) is 9.49. The van der Waals surface area contributed by atoms with Crippen molar-refractivity contribution >= 4 is 17.7 Å². The van der Waals surface area contributed by atoms with Crippen LogP contribution < -0.4 is 9.64 Å². The fourth-order valence-corrected chi connectivity index (χ4v) is 2.97. The Morgan fingerprint density at radius 3 is 2.50 bits per heavy atom. The molecule has 3 rings (SSSR count). The van der Waals surface area contributed by atoms with E-state index in [1.165, 1.54) is 0 Å². The number of aryl methyl sites for hydroxylation is 1. The molecule has 142 valence electrons. The van der Waals surface area contributed by atoms with Crippen molar-refractivity contribution in [2.75, 3.05) is 11.4 Å². The highest BCUT2D eigenvalue weighted by molar-refractivity contribution is 6.03. The first-order chi connectivity index (χ1) is 13.7. The number of ether oxygens (including phenoxy) is 1. The number of hydrogen-bond donors (Lipinski definition) is 0. The summed E-state index contributed by atoms with van der Waals surface area (Å²) in [5, 5.41) is 0. The molecule has 0 spiro atoms. The van der Waals surface area contributed by atoms with Crippen molar-refractivity contribution in [1.29, 1.82) is 0 Å². The highest BCUT2D eigenvalue weighted by atomic mass is 16.5. The molecule has 3 aromatic rings. The van der Waals surface area contributed by atoms with Gasteiger partial charge in [0.15, 0.2) is 0 Å². The highest BCUT2D eigenvalue weighted by Crippen LogP contribution is 2.18. The van der Waals surface area contributed by atoms with Gasteiger partial charge in [-0.3, -0.25) is 4.79 Å². The third-order valence-electron chi connectivity index (χ3n) is 4.42. The fraction of sp³-hybridized carbons (Fsp3) is 0.160. The number of amides is 1. The van der Waals surface area contributed by atoms with Gasteiger partial charge in [0.05, 0.1) is 0 Å². The van der Waals surface area contributed by atoms with Crippen LogP contribution in [0.4, 0.5) is 5.69 Å². The lowest BCUT2D eigenvalue weighted by Gasteiger charge is -2.19. The van der Waals surface area contributed by atoms with Gasteiger partial charge in [0.25, 0.3) is 5.91 Å². The summed E-state index contributed by atoms with van der Waals surface area (Å²) in [6, 6.07) is 25.8. The molecule has 0 aliphatic carbocycles. The molecular formula is C25H25NO2. The van der Waals surface area contributed by atoms with Gasteiger partial charge in [-0.15, -0.1) is 0 Å². The van der Waals surface area contributed by atoms with Gasteiger partial charge >= 0.3 is 0 Å². The Bertz CT molecular complexity index is 948. The zero-order valence-electron chi connectivity index (χ0n) is 16.3. The third kappa shape index (κ3) is 5.34. The lowest BCUT2D eigenvalue weighted by Crippen LogP contribution is -2.28. The summed E-state index contributed by atoms with van der Waals surface area (Å²) in [7, 11) is 0. The van der Waals surface area contributed by atoms with Gasteiger partial charge in [-0.25, -0.2) is 0 Å². The minimum atomic E-state index is -0.0382. The van der Waals surface area contributed by atoms with Gasteiger partial charge in [0.2, 0.25) is 0 Å². The van der Waals surface area contributed by atoms with Crippen molar-refractivity contribution in [2.45, 2.75) is 20.5 Å². The van der Waals surface area contributed by atoms with Crippen LogP contribution >= 0.6 is 0 Å². The average molecular weight is 371 g/mol. The molecule has 28 heavy (non-hydrogen) atoms. The second kappa shape index (κ2) is 9.56. The smallest absolute Gasteiger partial charge is 0.250 e. The van der Waals surface area contributed by atoms with Crippen molar-refractivity contribution in [2.24, 2.45) is 0 Å². The van der Waals surface area contributed by atoms with Gasteiger partial charge in [-0.05, 0) is 60.9 Å². The van der Waals surface area contributed by atoms with E-state index in [9.17, 15) is 4.79 Å². The molecule has 0 bridgehead atoms. The van der Waals surface area contributed by atoms with E-state index in [1.807, 2.05) is 98.8 Å². The minimum Gasteiger partial charge on any atom is -0.489 e. The number of nitrogens with zero attached hydrogens (tertiary/aromatic N) is 1. The van der Waals surface area contributed by atoms with Crippen molar-refractivity contribution in [3.63, 3.8) is 0 Å². The molecule has 0 aromatic heterocycles. The second-order valence-corrected chi connectivity index (χ2v) is 6.60. The van der Waals surface area contributed by atoms with E-state index in [0.29, 0.717) is 13.2 Å². The first kappa shape index (κ1) is 19.4. The molecule has 1 amide bonds. The zero-order chi connectivity index (χ0) is 19.8. The number of benzene rings is 3. The van der Waals surface area contributed by atoms with E-state index in [4.69, 9.17) is 4.74 Å². The van der Waals surface area contributed by atoms with E-state index in [1.54, 1.807) is 11.0 Å². The largest absolute Gasteiger partial charge is 0.489 e. The summed E-state index contributed by atoms with van der Waals surface area (Å²) in [6.45, 7) is 5.14. The van der Waals surface area contributed by atoms with Gasteiger partial charge < -0.3 is 9.64 Å². The number of carbonyl (C=O) groups excluding carboxylic acids is 1. The number of rotatable bonds is 7. The maximum Gasteiger partial charge on any atom is 0.250 e. The van der Waals surface area contributed by atoms with Gasteiger partial charge in [0, 0.05) is 18.3 Å².